The van der Waals surface area contributed by atoms with Crippen LogP contribution in [-0.4, -0.2) is 47.2 Å². The van der Waals surface area contributed by atoms with Crippen LogP contribution in [0.15, 0.2) is 41.1 Å². The molecule has 0 radical (unpaired) electrons. The smallest absolute Gasteiger partial charge is 0.404 e. The largest absolute Gasteiger partial charge is 0.495 e. The van der Waals surface area contributed by atoms with Gasteiger partial charge in [-0.2, -0.15) is 0 Å². The molecule has 0 unspecified atom stereocenters. The summed E-state index contributed by atoms with van der Waals surface area (Å²) in [5, 5.41) is 0. The number of primary amides is 1. The Bertz CT molecular complexity index is 1450. The predicted octanol–water partition coefficient (Wildman–Crippen LogP) is 6.53. The molecular formula is C34H43N5O5. The summed E-state index contributed by atoms with van der Waals surface area (Å²) in [5.41, 5.74) is 8.89. The van der Waals surface area contributed by atoms with E-state index in [2.05, 4.69) is 6.07 Å². The predicted molar refractivity (Wildman–Crippen MR) is 165 cm³/mol. The summed E-state index contributed by atoms with van der Waals surface area (Å²) in [4.78, 5) is 41.5. The number of anilines is 1. The summed E-state index contributed by atoms with van der Waals surface area (Å²) in [5.74, 6) is 3.74. The fourth-order valence-electron chi connectivity index (χ4n) is 6.87. The molecule has 3 aromatic rings. The van der Waals surface area contributed by atoms with Gasteiger partial charge in [0.15, 0.2) is 5.89 Å². The Balaban J connectivity index is 1.17. The molecule has 0 bridgehead atoms. The number of nitrogens with two attached hydrogens (primary N) is 1. The molecule has 0 spiro atoms. The molecule has 234 valence electrons. The SMILES string of the molecule is COc1ccc(C2CCC(CN(C(=O)C3CCC(COC(N)=O)CC3)c3cc(-c4coc(C5CC5)n4)ccn3)CC2)nc1C. The molecule has 2 amide bonds. The molecule has 6 rings (SSSR count). The Morgan fingerprint density at radius 2 is 1.68 bits per heavy atom. The van der Waals surface area contributed by atoms with Gasteiger partial charge in [0.25, 0.3) is 0 Å². The number of aryl methyl sites for hydroxylation is 1. The second-order valence-electron chi connectivity index (χ2n) is 12.8. The van der Waals surface area contributed by atoms with Gasteiger partial charge in [-0.3, -0.25) is 14.7 Å². The van der Waals surface area contributed by atoms with Crippen molar-refractivity contribution in [3.8, 4) is 17.0 Å². The molecule has 0 saturated heterocycles. The lowest BCUT2D eigenvalue weighted by molar-refractivity contribution is -0.124. The lowest BCUT2D eigenvalue weighted by Gasteiger charge is -2.35. The zero-order valence-corrected chi connectivity index (χ0v) is 25.7. The molecule has 10 nitrogen and oxygen atoms in total. The van der Waals surface area contributed by atoms with Gasteiger partial charge in [0.1, 0.15) is 23.5 Å². The van der Waals surface area contributed by atoms with Crippen LogP contribution in [0.25, 0.3) is 11.3 Å². The Kier molecular flexibility index (Phi) is 9.14. The quantitative estimate of drug-likeness (QED) is 0.277. The summed E-state index contributed by atoms with van der Waals surface area (Å²) in [6, 6.07) is 8.01. The highest BCUT2D eigenvalue weighted by molar-refractivity contribution is 5.94. The number of nitrogens with zero attached hydrogens (tertiary/aromatic N) is 4. The highest BCUT2D eigenvalue weighted by Crippen LogP contribution is 2.41. The van der Waals surface area contributed by atoms with Gasteiger partial charge in [0, 0.05) is 41.8 Å². The summed E-state index contributed by atoms with van der Waals surface area (Å²) in [6.45, 7) is 2.94. The van der Waals surface area contributed by atoms with Gasteiger partial charge in [-0.25, -0.2) is 14.8 Å². The van der Waals surface area contributed by atoms with E-state index in [0.717, 1.165) is 98.5 Å². The minimum atomic E-state index is -0.746. The van der Waals surface area contributed by atoms with E-state index < -0.39 is 6.09 Å². The number of methoxy groups -OCH3 is 1. The van der Waals surface area contributed by atoms with E-state index in [1.807, 2.05) is 30.0 Å². The lowest BCUT2D eigenvalue weighted by atomic mass is 9.79. The molecule has 3 aliphatic carbocycles. The van der Waals surface area contributed by atoms with Crippen molar-refractivity contribution in [2.24, 2.45) is 23.5 Å². The third-order valence-electron chi connectivity index (χ3n) is 9.67. The molecule has 3 fully saturated rings. The van der Waals surface area contributed by atoms with E-state index in [9.17, 15) is 9.59 Å². The average Bonchev–Trinajstić information content (AvgIpc) is 3.78. The molecule has 3 aromatic heterocycles. The van der Waals surface area contributed by atoms with Crippen molar-refractivity contribution in [3.63, 3.8) is 0 Å². The molecule has 3 saturated carbocycles. The van der Waals surface area contributed by atoms with Gasteiger partial charge >= 0.3 is 6.09 Å². The van der Waals surface area contributed by atoms with Gasteiger partial charge < -0.3 is 19.6 Å². The van der Waals surface area contributed by atoms with Crippen molar-refractivity contribution in [2.75, 3.05) is 25.2 Å². The normalized spacial score (nSPS) is 23.6. The maximum absolute atomic E-state index is 14.2. The number of carbonyl (C=O) groups excluding carboxylic acids is 2. The first-order valence-corrected chi connectivity index (χ1v) is 16.0. The number of pyridine rings is 2. The molecule has 10 heteroatoms. The van der Waals surface area contributed by atoms with E-state index in [-0.39, 0.29) is 17.7 Å². The van der Waals surface area contributed by atoms with Crippen LogP contribution in [0.3, 0.4) is 0 Å². The van der Waals surface area contributed by atoms with Crippen LogP contribution in [0.1, 0.15) is 93.3 Å². The second-order valence-corrected chi connectivity index (χ2v) is 12.8. The zero-order valence-electron chi connectivity index (χ0n) is 25.7. The molecule has 2 N–H and O–H groups in total. The van der Waals surface area contributed by atoms with Crippen molar-refractivity contribution in [1.82, 2.24) is 15.0 Å². The van der Waals surface area contributed by atoms with Crippen molar-refractivity contribution in [1.29, 1.82) is 0 Å². The van der Waals surface area contributed by atoms with Gasteiger partial charge in [0.2, 0.25) is 5.91 Å². The van der Waals surface area contributed by atoms with Crippen LogP contribution in [0.2, 0.25) is 0 Å². The van der Waals surface area contributed by atoms with Gasteiger partial charge in [0.05, 0.1) is 19.4 Å². The first-order chi connectivity index (χ1) is 21.4. The summed E-state index contributed by atoms with van der Waals surface area (Å²) in [6.07, 6.45) is 12.3. The maximum atomic E-state index is 14.2. The first kappa shape index (κ1) is 30.1. The Morgan fingerprint density at radius 1 is 0.955 bits per heavy atom. The van der Waals surface area contributed by atoms with Crippen LogP contribution in [0, 0.1) is 24.7 Å². The van der Waals surface area contributed by atoms with Crippen LogP contribution in [0.5, 0.6) is 5.75 Å². The topological polar surface area (TPSA) is 134 Å². The van der Waals surface area contributed by atoms with E-state index >= 15 is 0 Å². The lowest BCUT2D eigenvalue weighted by Crippen LogP contribution is -2.42. The standard InChI is InChI=1S/C34H43N5O5/c1-21-30(42-2)14-13-28(37-21)24-7-3-22(4-8-24)18-39(33(40)26-9-5-23(6-10-26)19-44-34(35)41)31-17-27(15-16-36-31)29-20-43-32(38-29)25-11-12-25/h13-17,20,22-26H,3-12,18-19H2,1-2H3,(H2,35,41). The molecule has 3 heterocycles. The number of rotatable bonds is 10. The van der Waals surface area contributed by atoms with Gasteiger partial charge in [-0.05, 0) is 107 Å². The van der Waals surface area contributed by atoms with E-state index in [0.29, 0.717) is 36.7 Å². The monoisotopic (exact) mass is 601 g/mol. The van der Waals surface area contributed by atoms with Crippen molar-refractivity contribution in [2.45, 2.75) is 83.0 Å². The fourth-order valence-corrected chi connectivity index (χ4v) is 6.87. The van der Waals surface area contributed by atoms with E-state index in [4.69, 9.17) is 34.6 Å². The molecule has 3 aliphatic rings. The Hall–Kier alpha value is -3.95. The van der Waals surface area contributed by atoms with Crippen LogP contribution in [0.4, 0.5) is 10.6 Å². The number of oxazole rings is 1. The van der Waals surface area contributed by atoms with Crippen molar-refractivity contribution >= 4 is 17.8 Å². The summed E-state index contributed by atoms with van der Waals surface area (Å²) < 4.78 is 16.2. The number of aromatic nitrogens is 3. The number of hydrogen-bond acceptors (Lipinski definition) is 8. The number of hydrogen-bond donors (Lipinski definition) is 1. The van der Waals surface area contributed by atoms with Crippen molar-refractivity contribution in [3.05, 3.63) is 54.0 Å². The third kappa shape index (κ3) is 7.05. The fraction of sp³-hybridized carbons (Fsp3) is 0.559. The number of ether oxygens (including phenoxy) is 2. The molecular weight excluding hydrogens is 558 g/mol. The van der Waals surface area contributed by atoms with Crippen molar-refractivity contribution < 1.29 is 23.5 Å². The van der Waals surface area contributed by atoms with Gasteiger partial charge in [-0.1, -0.05) is 0 Å². The zero-order chi connectivity index (χ0) is 30.6. The summed E-state index contributed by atoms with van der Waals surface area (Å²) >= 11 is 0. The minimum Gasteiger partial charge on any atom is -0.495 e. The maximum Gasteiger partial charge on any atom is 0.404 e. The van der Waals surface area contributed by atoms with Crippen LogP contribution >= 0.6 is 0 Å². The van der Waals surface area contributed by atoms with E-state index in [1.54, 1.807) is 19.6 Å². The van der Waals surface area contributed by atoms with E-state index in [1.165, 1.54) is 0 Å². The molecule has 0 aromatic carbocycles. The third-order valence-corrected chi connectivity index (χ3v) is 9.67. The number of carbonyl (C=O) groups is 2. The highest BCUT2D eigenvalue weighted by atomic mass is 16.5. The molecule has 44 heavy (non-hydrogen) atoms. The first-order valence-electron chi connectivity index (χ1n) is 16.0. The van der Waals surface area contributed by atoms with Crippen LogP contribution < -0.4 is 15.4 Å². The molecule has 0 aliphatic heterocycles. The van der Waals surface area contributed by atoms with Crippen LogP contribution in [-0.2, 0) is 9.53 Å². The molecule has 0 atom stereocenters. The Morgan fingerprint density at radius 3 is 2.36 bits per heavy atom. The van der Waals surface area contributed by atoms with Gasteiger partial charge in [-0.15, -0.1) is 0 Å². The minimum absolute atomic E-state index is 0.0957. The second kappa shape index (κ2) is 13.4. The number of amides is 2. The average molecular weight is 602 g/mol. The Labute approximate surface area is 258 Å². The highest BCUT2D eigenvalue weighted by Gasteiger charge is 2.34. The summed E-state index contributed by atoms with van der Waals surface area (Å²) in [7, 11) is 1.67.